The van der Waals surface area contributed by atoms with Crippen molar-refractivity contribution in [3.63, 3.8) is 0 Å². The van der Waals surface area contributed by atoms with Gasteiger partial charge in [0, 0.05) is 18.6 Å². The van der Waals surface area contributed by atoms with Gasteiger partial charge in [-0.25, -0.2) is 0 Å². The van der Waals surface area contributed by atoms with E-state index in [2.05, 4.69) is 36.1 Å². The Morgan fingerprint density at radius 3 is 2.67 bits per heavy atom. The van der Waals surface area contributed by atoms with Gasteiger partial charge in [0.1, 0.15) is 0 Å². The summed E-state index contributed by atoms with van der Waals surface area (Å²) in [7, 11) is 4.29. The first-order valence-corrected chi connectivity index (χ1v) is 7.29. The third kappa shape index (κ3) is 2.54. The van der Waals surface area contributed by atoms with Crippen molar-refractivity contribution in [2.24, 2.45) is 0 Å². The van der Waals surface area contributed by atoms with E-state index in [9.17, 15) is 4.79 Å². The van der Waals surface area contributed by atoms with Crippen LogP contribution in [0.25, 0.3) is 0 Å². The summed E-state index contributed by atoms with van der Waals surface area (Å²) in [5.41, 5.74) is 0.259. The van der Waals surface area contributed by atoms with E-state index in [1.165, 1.54) is 19.3 Å². The topological polar surface area (TPSA) is 35.6 Å². The highest BCUT2D eigenvalue weighted by atomic mass is 16.2. The van der Waals surface area contributed by atoms with Gasteiger partial charge in [0.2, 0.25) is 5.91 Å². The van der Waals surface area contributed by atoms with Gasteiger partial charge in [-0.15, -0.1) is 0 Å². The summed E-state index contributed by atoms with van der Waals surface area (Å²) in [4.78, 5) is 16.7. The summed E-state index contributed by atoms with van der Waals surface area (Å²) in [5, 5.41) is 3.36. The van der Waals surface area contributed by atoms with Crippen molar-refractivity contribution >= 4 is 5.91 Å². The Balaban J connectivity index is 1.89. The number of hydrogen-bond donors (Lipinski definition) is 1. The van der Waals surface area contributed by atoms with Crippen molar-refractivity contribution in [1.29, 1.82) is 0 Å². The van der Waals surface area contributed by atoms with Gasteiger partial charge in [0.15, 0.2) is 0 Å². The highest BCUT2D eigenvalue weighted by Crippen LogP contribution is 2.37. The van der Waals surface area contributed by atoms with Crippen molar-refractivity contribution in [3.05, 3.63) is 0 Å². The minimum Gasteiger partial charge on any atom is -0.339 e. The summed E-state index contributed by atoms with van der Waals surface area (Å²) in [6.07, 6.45) is 5.83. The minimum atomic E-state index is 0.0734. The first-order valence-electron chi connectivity index (χ1n) is 7.29. The van der Waals surface area contributed by atoms with Crippen molar-refractivity contribution in [1.82, 2.24) is 15.1 Å². The lowest BCUT2D eigenvalue weighted by molar-refractivity contribution is -0.132. The molecule has 1 saturated heterocycles. The lowest BCUT2D eigenvalue weighted by Crippen LogP contribution is -2.58. The number of rotatable bonds is 6. The number of likely N-dealkylation sites (N-methyl/N-ethyl adjacent to an activating group) is 1. The second-order valence-corrected chi connectivity index (χ2v) is 6.03. The molecule has 2 fully saturated rings. The SMILES string of the molecule is CCCNC1CCN(CC2(N(C)C)CCC2)C1=O. The van der Waals surface area contributed by atoms with Gasteiger partial charge < -0.3 is 15.1 Å². The molecule has 0 aromatic rings. The molecule has 4 nitrogen and oxygen atoms in total. The Hall–Kier alpha value is -0.610. The zero-order chi connectivity index (χ0) is 13.2. The fourth-order valence-electron chi connectivity index (χ4n) is 3.09. The number of nitrogens with zero attached hydrogens (tertiary/aromatic N) is 2. The van der Waals surface area contributed by atoms with Crippen molar-refractivity contribution < 1.29 is 4.79 Å². The third-order valence-corrected chi connectivity index (χ3v) is 4.66. The second kappa shape index (κ2) is 5.57. The largest absolute Gasteiger partial charge is 0.339 e. The van der Waals surface area contributed by atoms with E-state index in [4.69, 9.17) is 0 Å². The quantitative estimate of drug-likeness (QED) is 0.769. The average molecular weight is 253 g/mol. The van der Waals surface area contributed by atoms with Crippen LogP contribution >= 0.6 is 0 Å². The summed E-state index contributed by atoms with van der Waals surface area (Å²) in [6.45, 7) is 4.93. The molecule has 0 radical (unpaired) electrons. The molecule has 0 spiro atoms. The van der Waals surface area contributed by atoms with Crippen LogP contribution < -0.4 is 5.32 Å². The normalized spacial score (nSPS) is 26.8. The van der Waals surface area contributed by atoms with Gasteiger partial charge in [-0.05, 0) is 52.7 Å². The molecule has 1 unspecified atom stereocenters. The Morgan fingerprint density at radius 1 is 1.44 bits per heavy atom. The van der Waals surface area contributed by atoms with E-state index in [1.807, 2.05) is 0 Å². The van der Waals surface area contributed by atoms with E-state index < -0.39 is 0 Å². The molecule has 1 amide bonds. The summed E-state index contributed by atoms with van der Waals surface area (Å²) >= 11 is 0. The maximum atomic E-state index is 12.3. The van der Waals surface area contributed by atoms with Crippen LogP contribution in [-0.2, 0) is 4.79 Å². The van der Waals surface area contributed by atoms with Gasteiger partial charge in [0.25, 0.3) is 0 Å². The van der Waals surface area contributed by atoms with E-state index in [0.29, 0.717) is 5.91 Å². The first-order chi connectivity index (χ1) is 8.59. The fraction of sp³-hybridized carbons (Fsp3) is 0.929. The Kier molecular flexibility index (Phi) is 4.28. The predicted molar refractivity (Wildman–Crippen MR) is 73.5 cm³/mol. The molecule has 0 bridgehead atoms. The van der Waals surface area contributed by atoms with Crippen LogP contribution in [0.4, 0.5) is 0 Å². The maximum absolute atomic E-state index is 12.3. The number of carbonyl (C=O) groups is 1. The number of likely N-dealkylation sites (tertiary alicyclic amines) is 1. The lowest BCUT2D eigenvalue weighted by Gasteiger charge is -2.49. The molecule has 1 aliphatic carbocycles. The zero-order valence-electron chi connectivity index (χ0n) is 12.0. The van der Waals surface area contributed by atoms with E-state index in [-0.39, 0.29) is 11.6 Å². The fourth-order valence-corrected chi connectivity index (χ4v) is 3.09. The molecular weight excluding hydrogens is 226 g/mol. The number of amides is 1. The van der Waals surface area contributed by atoms with Crippen LogP contribution in [-0.4, -0.2) is 61.0 Å². The lowest BCUT2D eigenvalue weighted by atomic mass is 9.75. The van der Waals surface area contributed by atoms with Gasteiger partial charge in [-0.3, -0.25) is 4.79 Å². The molecule has 2 aliphatic rings. The van der Waals surface area contributed by atoms with Gasteiger partial charge in [0.05, 0.1) is 6.04 Å². The van der Waals surface area contributed by atoms with E-state index >= 15 is 0 Å². The van der Waals surface area contributed by atoms with E-state index in [0.717, 1.165) is 32.5 Å². The smallest absolute Gasteiger partial charge is 0.239 e. The molecule has 2 rings (SSSR count). The van der Waals surface area contributed by atoms with Crippen molar-refractivity contribution in [2.45, 2.75) is 50.6 Å². The number of nitrogens with one attached hydrogen (secondary N) is 1. The molecule has 0 aromatic carbocycles. The standard InChI is InChI=1S/C14H27N3O/c1-4-9-15-12-6-10-17(13(12)18)11-14(16(2)3)7-5-8-14/h12,15H,4-11H2,1-3H3. The highest BCUT2D eigenvalue weighted by molar-refractivity contribution is 5.84. The summed E-state index contributed by atoms with van der Waals surface area (Å²) in [6, 6.07) is 0.0734. The van der Waals surface area contributed by atoms with Crippen molar-refractivity contribution in [2.75, 3.05) is 33.7 Å². The van der Waals surface area contributed by atoms with Crippen LogP contribution in [0.1, 0.15) is 39.0 Å². The monoisotopic (exact) mass is 253 g/mol. The van der Waals surface area contributed by atoms with Crippen LogP contribution in [0.15, 0.2) is 0 Å². The molecule has 1 heterocycles. The zero-order valence-corrected chi connectivity index (χ0v) is 12.0. The average Bonchev–Trinajstić information content (AvgIpc) is 2.62. The van der Waals surface area contributed by atoms with Crippen LogP contribution in [0.3, 0.4) is 0 Å². The van der Waals surface area contributed by atoms with E-state index in [1.54, 1.807) is 0 Å². The highest BCUT2D eigenvalue weighted by Gasteiger charge is 2.43. The van der Waals surface area contributed by atoms with Crippen LogP contribution in [0.5, 0.6) is 0 Å². The predicted octanol–water partition coefficient (Wildman–Crippen LogP) is 1.07. The molecule has 1 aliphatic heterocycles. The molecule has 1 saturated carbocycles. The second-order valence-electron chi connectivity index (χ2n) is 6.03. The van der Waals surface area contributed by atoms with Gasteiger partial charge in [-0.2, -0.15) is 0 Å². The minimum absolute atomic E-state index is 0.0734. The Labute approximate surface area is 111 Å². The third-order valence-electron chi connectivity index (χ3n) is 4.66. The van der Waals surface area contributed by atoms with Crippen LogP contribution in [0, 0.1) is 0 Å². The van der Waals surface area contributed by atoms with Gasteiger partial charge >= 0.3 is 0 Å². The van der Waals surface area contributed by atoms with Crippen molar-refractivity contribution in [3.8, 4) is 0 Å². The number of hydrogen-bond acceptors (Lipinski definition) is 3. The molecule has 104 valence electrons. The molecule has 4 heteroatoms. The molecule has 1 atom stereocenters. The Morgan fingerprint density at radius 2 is 2.17 bits per heavy atom. The summed E-state index contributed by atoms with van der Waals surface area (Å²) < 4.78 is 0. The Bertz CT molecular complexity index is 299. The molecular formula is C14H27N3O. The first kappa shape index (κ1) is 13.8. The molecule has 0 aromatic heterocycles. The maximum Gasteiger partial charge on any atom is 0.239 e. The van der Waals surface area contributed by atoms with Gasteiger partial charge in [-0.1, -0.05) is 6.92 Å². The summed E-state index contributed by atoms with van der Waals surface area (Å²) in [5.74, 6) is 0.316. The molecule has 18 heavy (non-hydrogen) atoms. The van der Waals surface area contributed by atoms with Crippen LogP contribution in [0.2, 0.25) is 0 Å². The molecule has 1 N–H and O–H groups in total. The number of carbonyl (C=O) groups excluding carboxylic acids is 1.